The minimum atomic E-state index is -4.03. The fraction of sp³-hybridized carbons (Fsp3) is 0.400. The van der Waals surface area contributed by atoms with Gasteiger partial charge in [0, 0.05) is 18.9 Å². The van der Waals surface area contributed by atoms with Gasteiger partial charge in [-0.15, -0.1) is 0 Å². The van der Waals surface area contributed by atoms with Crippen LogP contribution in [0.1, 0.15) is 31.2 Å². The van der Waals surface area contributed by atoms with E-state index in [9.17, 15) is 18.4 Å². The van der Waals surface area contributed by atoms with Gasteiger partial charge in [0.25, 0.3) is 5.91 Å². The number of hydrogen-bond acceptors (Lipinski definition) is 6. The topological polar surface area (TPSA) is 109 Å². The van der Waals surface area contributed by atoms with Crippen molar-refractivity contribution in [1.29, 1.82) is 0 Å². The molecule has 0 bridgehead atoms. The Labute approximate surface area is 170 Å². The molecular formula is C20H25N3O5S. The number of methoxy groups -OCH3 is 1. The molecule has 1 saturated carbocycles. The number of aromatic nitrogens is 1. The Bertz CT molecular complexity index is 913. The zero-order valence-electron chi connectivity index (χ0n) is 16.2. The maximum Gasteiger partial charge on any atom is 0.262 e. The average Bonchev–Trinajstić information content (AvgIpc) is 3.28. The SMILES string of the molecule is COc1ccc(S(=O)(=O)N(Cc2ccncc2)[C@@H](C(=O)NO)C2CCCC2)cc1. The zero-order chi connectivity index (χ0) is 20.9. The number of sulfonamides is 1. The molecule has 2 aromatic rings. The van der Waals surface area contributed by atoms with Crippen LogP contribution < -0.4 is 10.2 Å². The van der Waals surface area contributed by atoms with E-state index in [0.717, 1.165) is 25.7 Å². The van der Waals surface area contributed by atoms with Crippen LogP contribution in [0.25, 0.3) is 0 Å². The molecule has 1 aromatic heterocycles. The minimum absolute atomic E-state index is 0.00846. The van der Waals surface area contributed by atoms with Crippen molar-refractivity contribution in [3.8, 4) is 5.75 Å². The normalized spacial score (nSPS) is 16.0. The third-order valence-electron chi connectivity index (χ3n) is 5.29. The second kappa shape index (κ2) is 9.34. The molecule has 9 heteroatoms. The van der Waals surface area contributed by atoms with E-state index in [2.05, 4.69) is 4.98 Å². The molecule has 8 nitrogen and oxygen atoms in total. The summed E-state index contributed by atoms with van der Waals surface area (Å²) in [5, 5.41) is 9.34. The van der Waals surface area contributed by atoms with E-state index < -0.39 is 22.0 Å². The number of benzene rings is 1. The first kappa shape index (κ1) is 21.2. The summed E-state index contributed by atoms with van der Waals surface area (Å²) < 4.78 is 33.4. The molecule has 0 spiro atoms. The molecule has 156 valence electrons. The molecule has 2 N–H and O–H groups in total. The lowest BCUT2D eigenvalue weighted by atomic mass is 9.97. The number of nitrogens with one attached hydrogen (secondary N) is 1. The van der Waals surface area contributed by atoms with Gasteiger partial charge in [0.15, 0.2) is 0 Å². The van der Waals surface area contributed by atoms with E-state index in [4.69, 9.17) is 4.74 Å². The van der Waals surface area contributed by atoms with Crippen LogP contribution >= 0.6 is 0 Å². The quantitative estimate of drug-likeness (QED) is 0.502. The Balaban J connectivity index is 2.05. The third-order valence-corrected chi connectivity index (χ3v) is 7.13. The molecular weight excluding hydrogens is 394 g/mol. The predicted molar refractivity (Wildman–Crippen MR) is 106 cm³/mol. The van der Waals surface area contributed by atoms with Crippen LogP contribution in [0.3, 0.4) is 0 Å². The summed E-state index contributed by atoms with van der Waals surface area (Å²) in [6, 6.07) is 8.44. The second-order valence-electron chi connectivity index (χ2n) is 7.05. The Morgan fingerprint density at radius 3 is 2.38 bits per heavy atom. The van der Waals surface area contributed by atoms with Crippen LogP contribution in [0, 0.1) is 5.92 Å². The van der Waals surface area contributed by atoms with Gasteiger partial charge < -0.3 is 4.74 Å². The van der Waals surface area contributed by atoms with Crippen LogP contribution in [0.5, 0.6) is 5.75 Å². The zero-order valence-corrected chi connectivity index (χ0v) is 17.0. The summed E-state index contributed by atoms with van der Waals surface area (Å²) in [6.45, 7) is -0.00846. The number of carbonyl (C=O) groups is 1. The summed E-state index contributed by atoms with van der Waals surface area (Å²) in [6.07, 6.45) is 6.44. The first-order chi connectivity index (χ1) is 14.0. The molecule has 1 heterocycles. The Morgan fingerprint density at radius 1 is 1.21 bits per heavy atom. The van der Waals surface area contributed by atoms with Gasteiger partial charge in [-0.1, -0.05) is 12.8 Å². The van der Waals surface area contributed by atoms with Gasteiger partial charge in [-0.25, -0.2) is 13.9 Å². The molecule has 1 aliphatic carbocycles. The van der Waals surface area contributed by atoms with Gasteiger partial charge in [0.1, 0.15) is 11.8 Å². The highest BCUT2D eigenvalue weighted by molar-refractivity contribution is 7.89. The van der Waals surface area contributed by atoms with Crippen molar-refractivity contribution in [3.05, 3.63) is 54.4 Å². The van der Waals surface area contributed by atoms with Crippen LogP contribution in [-0.2, 0) is 21.4 Å². The van der Waals surface area contributed by atoms with Crippen LogP contribution in [0.2, 0.25) is 0 Å². The number of rotatable bonds is 8. The molecule has 3 rings (SSSR count). The molecule has 0 unspecified atom stereocenters. The number of ether oxygens (including phenoxy) is 1. The summed E-state index contributed by atoms with van der Waals surface area (Å²) in [5.74, 6) is -0.356. The Hall–Kier alpha value is -2.49. The lowest BCUT2D eigenvalue weighted by Crippen LogP contribution is -2.51. The van der Waals surface area contributed by atoms with Gasteiger partial charge in [-0.3, -0.25) is 15.0 Å². The number of pyridine rings is 1. The molecule has 1 atom stereocenters. The van der Waals surface area contributed by atoms with Gasteiger partial charge in [0.2, 0.25) is 10.0 Å². The van der Waals surface area contributed by atoms with Crippen molar-refractivity contribution >= 4 is 15.9 Å². The van der Waals surface area contributed by atoms with E-state index in [1.54, 1.807) is 42.1 Å². The third kappa shape index (κ3) is 4.75. The number of hydroxylamine groups is 1. The highest BCUT2D eigenvalue weighted by Crippen LogP contribution is 2.34. The summed E-state index contributed by atoms with van der Waals surface area (Å²) in [4.78, 5) is 16.6. The lowest BCUT2D eigenvalue weighted by molar-refractivity contribution is -0.135. The monoisotopic (exact) mass is 419 g/mol. The van der Waals surface area contributed by atoms with E-state index in [1.165, 1.54) is 23.5 Å². The summed E-state index contributed by atoms with van der Waals surface area (Å²) in [7, 11) is -2.53. The molecule has 0 radical (unpaired) electrons. The van der Waals surface area contributed by atoms with Crippen molar-refractivity contribution in [2.75, 3.05) is 7.11 Å². The van der Waals surface area contributed by atoms with Gasteiger partial charge in [-0.2, -0.15) is 4.31 Å². The van der Waals surface area contributed by atoms with Crippen molar-refractivity contribution in [2.45, 2.75) is 43.2 Å². The van der Waals surface area contributed by atoms with Gasteiger partial charge in [0.05, 0.1) is 12.0 Å². The number of amides is 1. The Kier molecular flexibility index (Phi) is 6.83. The largest absolute Gasteiger partial charge is 0.497 e. The fourth-order valence-corrected chi connectivity index (χ4v) is 5.44. The molecule has 1 aliphatic rings. The molecule has 1 fully saturated rings. The molecule has 29 heavy (non-hydrogen) atoms. The van der Waals surface area contributed by atoms with Crippen molar-refractivity contribution < 1.29 is 23.2 Å². The van der Waals surface area contributed by atoms with Crippen LogP contribution in [-0.4, -0.2) is 42.0 Å². The fourth-order valence-electron chi connectivity index (χ4n) is 3.80. The smallest absolute Gasteiger partial charge is 0.262 e. The molecule has 0 aliphatic heterocycles. The summed E-state index contributed by atoms with van der Waals surface area (Å²) in [5.41, 5.74) is 2.37. The highest BCUT2D eigenvalue weighted by atomic mass is 32.2. The van der Waals surface area contributed by atoms with E-state index in [1.807, 2.05) is 0 Å². The summed E-state index contributed by atoms with van der Waals surface area (Å²) >= 11 is 0. The standard InChI is InChI=1S/C20H25N3O5S/c1-28-17-6-8-18(9-7-17)29(26,27)23(14-15-10-12-21-13-11-15)19(20(24)22-25)16-4-2-3-5-16/h6-13,16,19,25H,2-5,14H2,1H3,(H,22,24)/t19-/m1/s1. The number of carbonyl (C=O) groups excluding carboxylic acids is 1. The number of hydrogen-bond donors (Lipinski definition) is 2. The van der Waals surface area contributed by atoms with Crippen LogP contribution in [0.4, 0.5) is 0 Å². The van der Waals surface area contributed by atoms with E-state index in [-0.39, 0.29) is 17.4 Å². The maximum atomic E-state index is 13.6. The van der Waals surface area contributed by atoms with Crippen molar-refractivity contribution in [3.63, 3.8) is 0 Å². The first-order valence-electron chi connectivity index (χ1n) is 9.46. The Morgan fingerprint density at radius 2 is 1.83 bits per heavy atom. The van der Waals surface area contributed by atoms with Crippen molar-refractivity contribution in [2.24, 2.45) is 5.92 Å². The van der Waals surface area contributed by atoms with Crippen molar-refractivity contribution in [1.82, 2.24) is 14.8 Å². The van der Waals surface area contributed by atoms with E-state index in [0.29, 0.717) is 11.3 Å². The highest BCUT2D eigenvalue weighted by Gasteiger charge is 2.41. The second-order valence-corrected chi connectivity index (χ2v) is 8.94. The molecule has 1 aromatic carbocycles. The molecule has 0 saturated heterocycles. The number of nitrogens with zero attached hydrogens (tertiary/aromatic N) is 2. The van der Waals surface area contributed by atoms with Gasteiger partial charge in [-0.05, 0) is 60.7 Å². The van der Waals surface area contributed by atoms with E-state index >= 15 is 0 Å². The molecule has 1 amide bonds. The first-order valence-corrected chi connectivity index (χ1v) is 10.9. The van der Waals surface area contributed by atoms with Gasteiger partial charge >= 0.3 is 0 Å². The minimum Gasteiger partial charge on any atom is -0.497 e. The average molecular weight is 420 g/mol. The predicted octanol–water partition coefficient (Wildman–Crippen LogP) is 2.35. The lowest BCUT2D eigenvalue weighted by Gasteiger charge is -2.33. The van der Waals surface area contributed by atoms with Crippen LogP contribution in [0.15, 0.2) is 53.7 Å². The maximum absolute atomic E-state index is 13.6.